The molecular weight excluding hydrogens is 474 g/mol. The molecular formula is C29H27NO7. The first kappa shape index (κ1) is 25.5. The third kappa shape index (κ3) is 5.98. The van der Waals surface area contributed by atoms with Gasteiger partial charge in [0.25, 0.3) is 0 Å². The molecule has 37 heavy (non-hydrogen) atoms. The second-order valence-electron chi connectivity index (χ2n) is 8.36. The lowest BCUT2D eigenvalue weighted by Crippen LogP contribution is -2.42. The van der Waals surface area contributed by atoms with Gasteiger partial charge in [0.05, 0.1) is 7.11 Å². The van der Waals surface area contributed by atoms with Crippen molar-refractivity contribution < 1.29 is 28.2 Å². The molecule has 8 heteroatoms. The number of benzene rings is 3. The van der Waals surface area contributed by atoms with E-state index < -0.39 is 23.7 Å². The summed E-state index contributed by atoms with van der Waals surface area (Å²) >= 11 is 0. The fourth-order valence-electron chi connectivity index (χ4n) is 3.88. The van der Waals surface area contributed by atoms with E-state index in [-0.39, 0.29) is 12.4 Å². The van der Waals surface area contributed by atoms with Gasteiger partial charge in [-0.3, -0.25) is 0 Å². The van der Waals surface area contributed by atoms with Gasteiger partial charge in [0.1, 0.15) is 29.7 Å². The molecule has 1 amide bonds. The van der Waals surface area contributed by atoms with Crippen LogP contribution in [0.5, 0.6) is 11.5 Å². The molecule has 4 aromatic rings. The van der Waals surface area contributed by atoms with E-state index >= 15 is 0 Å². The number of esters is 1. The van der Waals surface area contributed by atoms with Crippen LogP contribution in [-0.4, -0.2) is 25.2 Å². The summed E-state index contributed by atoms with van der Waals surface area (Å²) in [5.74, 6) is 0.269. The summed E-state index contributed by atoms with van der Waals surface area (Å²) in [6, 6.07) is 20.4. The number of methoxy groups -OCH3 is 1. The Morgan fingerprint density at radius 2 is 1.73 bits per heavy atom. The number of fused-ring (bicyclic) bond motifs is 1. The van der Waals surface area contributed by atoms with Crippen LogP contribution in [0.25, 0.3) is 22.1 Å². The Bertz CT molecular complexity index is 1460. The van der Waals surface area contributed by atoms with Crippen LogP contribution >= 0.6 is 0 Å². The third-order valence-electron chi connectivity index (χ3n) is 5.92. The zero-order chi connectivity index (χ0) is 26.4. The minimum Gasteiger partial charge on any atom is -0.497 e. The summed E-state index contributed by atoms with van der Waals surface area (Å²) < 4.78 is 21.5. The van der Waals surface area contributed by atoms with Crippen LogP contribution in [0, 0.1) is 6.92 Å². The predicted molar refractivity (Wildman–Crippen MR) is 139 cm³/mol. The van der Waals surface area contributed by atoms with Gasteiger partial charge in [0, 0.05) is 17.0 Å². The number of ether oxygens (including phenoxy) is 3. The first-order valence-corrected chi connectivity index (χ1v) is 11.8. The molecule has 1 atom stereocenters. The van der Waals surface area contributed by atoms with Crippen molar-refractivity contribution in [2.24, 2.45) is 0 Å². The van der Waals surface area contributed by atoms with Crippen molar-refractivity contribution in [3.05, 3.63) is 94.3 Å². The highest BCUT2D eigenvalue weighted by molar-refractivity contribution is 5.96. The van der Waals surface area contributed by atoms with Gasteiger partial charge in [-0.15, -0.1) is 0 Å². The summed E-state index contributed by atoms with van der Waals surface area (Å²) in [6.07, 6.45) is -0.430. The maximum atomic E-state index is 12.9. The van der Waals surface area contributed by atoms with Gasteiger partial charge in [0.2, 0.25) is 0 Å². The summed E-state index contributed by atoms with van der Waals surface area (Å²) in [7, 11) is 1.58. The Kier molecular flexibility index (Phi) is 7.88. The molecule has 0 spiro atoms. The lowest BCUT2D eigenvalue weighted by atomic mass is 10.00. The van der Waals surface area contributed by atoms with E-state index in [2.05, 4.69) is 5.32 Å². The van der Waals surface area contributed by atoms with E-state index in [9.17, 15) is 14.4 Å². The van der Waals surface area contributed by atoms with Gasteiger partial charge >= 0.3 is 17.7 Å². The van der Waals surface area contributed by atoms with Gasteiger partial charge < -0.3 is 23.9 Å². The molecule has 8 nitrogen and oxygen atoms in total. The quantitative estimate of drug-likeness (QED) is 0.196. The van der Waals surface area contributed by atoms with Crippen molar-refractivity contribution in [1.29, 1.82) is 0 Å². The number of aryl methyl sites for hydroxylation is 1. The lowest BCUT2D eigenvalue weighted by Gasteiger charge is -2.17. The number of hydrogen-bond donors (Lipinski definition) is 1. The molecule has 0 unspecified atom stereocenters. The molecule has 0 saturated heterocycles. The lowest BCUT2D eigenvalue weighted by molar-refractivity contribution is -0.136. The maximum Gasteiger partial charge on any atom is 0.408 e. The standard InChI is InChI=1S/C29H27NO7/c1-4-24(30-29(33)35-17-19-8-6-5-7-9-19)28(32)36-25-15-14-22-23(16-26(31)37-27(22)18(25)2)20-10-12-21(34-3)13-11-20/h5-16,24H,4,17H2,1-3H3,(H,30,33)/t24-/m0/s1. The molecule has 190 valence electrons. The number of nitrogens with one attached hydrogen (secondary N) is 1. The van der Waals surface area contributed by atoms with E-state index in [1.54, 1.807) is 33.1 Å². The van der Waals surface area contributed by atoms with Gasteiger partial charge in [0.15, 0.2) is 0 Å². The molecule has 0 radical (unpaired) electrons. The van der Waals surface area contributed by atoms with E-state index in [0.717, 1.165) is 11.1 Å². The Balaban J connectivity index is 1.52. The fraction of sp³-hybridized carbons (Fsp3) is 0.207. The Morgan fingerprint density at radius 1 is 1.00 bits per heavy atom. The fourth-order valence-corrected chi connectivity index (χ4v) is 3.88. The molecule has 0 aliphatic rings. The number of rotatable bonds is 8. The van der Waals surface area contributed by atoms with E-state index in [1.807, 2.05) is 54.6 Å². The number of hydrogen-bond acceptors (Lipinski definition) is 7. The van der Waals surface area contributed by atoms with Crippen LogP contribution in [0.2, 0.25) is 0 Å². The second kappa shape index (κ2) is 11.4. The van der Waals surface area contributed by atoms with E-state index in [0.29, 0.717) is 34.3 Å². The van der Waals surface area contributed by atoms with Crippen LogP contribution in [0.3, 0.4) is 0 Å². The molecule has 1 heterocycles. The van der Waals surface area contributed by atoms with Crippen LogP contribution in [0.4, 0.5) is 4.79 Å². The van der Waals surface area contributed by atoms with Crippen molar-refractivity contribution in [3.63, 3.8) is 0 Å². The highest BCUT2D eigenvalue weighted by atomic mass is 16.6. The SMILES string of the molecule is CC[C@H](NC(=O)OCc1ccccc1)C(=O)Oc1ccc2c(-c3ccc(OC)cc3)cc(=O)oc2c1C. The normalized spacial score (nSPS) is 11.5. The number of carbonyl (C=O) groups excluding carboxylic acids is 2. The average Bonchev–Trinajstić information content (AvgIpc) is 2.92. The molecule has 0 bridgehead atoms. The molecule has 1 aromatic heterocycles. The average molecular weight is 502 g/mol. The Morgan fingerprint density at radius 3 is 2.41 bits per heavy atom. The first-order valence-electron chi connectivity index (χ1n) is 11.8. The number of alkyl carbamates (subject to hydrolysis) is 1. The van der Waals surface area contributed by atoms with Crippen LogP contribution in [0.1, 0.15) is 24.5 Å². The summed E-state index contributed by atoms with van der Waals surface area (Å²) in [6.45, 7) is 3.53. The first-order chi connectivity index (χ1) is 17.9. The smallest absolute Gasteiger partial charge is 0.408 e. The minimum absolute atomic E-state index is 0.0809. The zero-order valence-electron chi connectivity index (χ0n) is 20.8. The number of amides is 1. The van der Waals surface area contributed by atoms with Crippen molar-refractivity contribution >= 4 is 23.0 Å². The van der Waals surface area contributed by atoms with Gasteiger partial charge in [-0.25, -0.2) is 14.4 Å². The molecule has 3 aromatic carbocycles. The van der Waals surface area contributed by atoms with Crippen molar-refractivity contribution in [2.75, 3.05) is 7.11 Å². The molecule has 0 aliphatic carbocycles. The molecule has 4 rings (SSSR count). The largest absolute Gasteiger partial charge is 0.497 e. The summed E-state index contributed by atoms with van der Waals surface area (Å²) in [5, 5.41) is 3.23. The van der Waals surface area contributed by atoms with Crippen molar-refractivity contribution in [3.8, 4) is 22.6 Å². The third-order valence-corrected chi connectivity index (χ3v) is 5.92. The van der Waals surface area contributed by atoms with Gasteiger partial charge in [-0.05, 0) is 54.3 Å². The minimum atomic E-state index is -0.920. The molecule has 0 saturated carbocycles. The zero-order valence-corrected chi connectivity index (χ0v) is 20.8. The summed E-state index contributed by atoms with van der Waals surface area (Å²) in [4.78, 5) is 37.5. The molecule has 0 aliphatic heterocycles. The molecule has 1 N–H and O–H groups in total. The van der Waals surface area contributed by atoms with Crippen LogP contribution < -0.4 is 20.4 Å². The van der Waals surface area contributed by atoms with Crippen molar-refractivity contribution in [2.45, 2.75) is 32.9 Å². The van der Waals surface area contributed by atoms with Crippen molar-refractivity contribution in [1.82, 2.24) is 5.32 Å². The van der Waals surface area contributed by atoms with E-state index in [1.165, 1.54) is 6.07 Å². The van der Waals surface area contributed by atoms with Crippen LogP contribution in [0.15, 0.2) is 82.0 Å². The Hall–Kier alpha value is -4.59. The monoisotopic (exact) mass is 501 g/mol. The van der Waals surface area contributed by atoms with Crippen LogP contribution in [-0.2, 0) is 16.1 Å². The predicted octanol–water partition coefficient (Wildman–Crippen LogP) is 5.39. The van der Waals surface area contributed by atoms with Gasteiger partial charge in [-0.1, -0.05) is 49.4 Å². The Labute approximate surface area is 213 Å². The summed E-state index contributed by atoms with van der Waals surface area (Å²) in [5.41, 5.74) is 2.60. The highest BCUT2D eigenvalue weighted by Gasteiger charge is 2.23. The van der Waals surface area contributed by atoms with E-state index in [4.69, 9.17) is 18.6 Å². The highest BCUT2D eigenvalue weighted by Crippen LogP contribution is 2.34. The van der Waals surface area contributed by atoms with Gasteiger partial charge in [-0.2, -0.15) is 0 Å². The topological polar surface area (TPSA) is 104 Å². The maximum absolute atomic E-state index is 12.9. The molecule has 0 fully saturated rings. The second-order valence-corrected chi connectivity index (χ2v) is 8.36. The number of carbonyl (C=O) groups is 2.